The average Bonchev–Trinajstić information content (AvgIpc) is 2.37. The molecule has 1 aliphatic carbocycles. The summed E-state index contributed by atoms with van der Waals surface area (Å²) in [5.74, 6) is 2.59. The topological polar surface area (TPSA) is 30.5 Å². The van der Waals surface area contributed by atoms with Crippen LogP contribution in [0.2, 0.25) is 0 Å². The van der Waals surface area contributed by atoms with Gasteiger partial charge in [-0.2, -0.15) is 0 Å². The van der Waals surface area contributed by atoms with Crippen LogP contribution in [0.4, 0.5) is 0 Å². The molecular formula is C15H23NO2. The molecule has 1 N–H and O–H groups in total. The van der Waals surface area contributed by atoms with Gasteiger partial charge in [0, 0.05) is 12.1 Å². The minimum absolute atomic E-state index is 0.388. The van der Waals surface area contributed by atoms with Gasteiger partial charge in [0.2, 0.25) is 0 Å². The van der Waals surface area contributed by atoms with Crippen LogP contribution in [0.3, 0.4) is 0 Å². The lowest BCUT2D eigenvalue weighted by Gasteiger charge is -2.30. The first-order chi connectivity index (χ1) is 8.76. The third-order valence-corrected chi connectivity index (χ3v) is 3.92. The van der Waals surface area contributed by atoms with E-state index in [1.165, 1.54) is 31.2 Å². The Balaban J connectivity index is 2.16. The van der Waals surface area contributed by atoms with Crippen molar-refractivity contribution in [2.24, 2.45) is 5.92 Å². The van der Waals surface area contributed by atoms with E-state index in [9.17, 15) is 0 Å². The zero-order chi connectivity index (χ0) is 13.0. The van der Waals surface area contributed by atoms with Crippen molar-refractivity contribution in [2.75, 3.05) is 21.3 Å². The molecule has 1 aliphatic rings. The van der Waals surface area contributed by atoms with Crippen LogP contribution in [0.15, 0.2) is 18.2 Å². The molecule has 0 bridgehead atoms. The van der Waals surface area contributed by atoms with E-state index in [4.69, 9.17) is 9.47 Å². The molecule has 3 nitrogen and oxygen atoms in total. The highest BCUT2D eigenvalue weighted by molar-refractivity contribution is 5.39. The molecule has 3 heteroatoms. The SMILES string of the molecule is CNC(CC1CCC1)c1cc(OC)cc(OC)c1. The second kappa shape index (κ2) is 6.10. The summed E-state index contributed by atoms with van der Waals surface area (Å²) in [5.41, 5.74) is 1.25. The van der Waals surface area contributed by atoms with Crippen molar-refractivity contribution >= 4 is 0 Å². The summed E-state index contributed by atoms with van der Waals surface area (Å²) in [6.45, 7) is 0. The van der Waals surface area contributed by atoms with Crippen molar-refractivity contribution in [3.63, 3.8) is 0 Å². The zero-order valence-electron chi connectivity index (χ0n) is 11.5. The number of hydrogen-bond donors (Lipinski definition) is 1. The summed E-state index contributed by atoms with van der Waals surface area (Å²) in [6, 6.07) is 6.50. The van der Waals surface area contributed by atoms with E-state index in [-0.39, 0.29) is 0 Å². The largest absolute Gasteiger partial charge is 0.497 e. The van der Waals surface area contributed by atoms with E-state index in [0.29, 0.717) is 6.04 Å². The third-order valence-electron chi connectivity index (χ3n) is 3.92. The van der Waals surface area contributed by atoms with Crippen molar-refractivity contribution in [3.8, 4) is 11.5 Å². The standard InChI is InChI=1S/C15H23NO2/c1-16-15(7-11-5-4-6-11)12-8-13(17-2)10-14(9-12)18-3/h8-11,15-16H,4-7H2,1-3H3. The van der Waals surface area contributed by atoms with Crippen molar-refractivity contribution < 1.29 is 9.47 Å². The number of rotatable bonds is 6. The van der Waals surface area contributed by atoms with Gasteiger partial charge in [-0.05, 0) is 37.1 Å². The van der Waals surface area contributed by atoms with Gasteiger partial charge in [0.1, 0.15) is 11.5 Å². The van der Waals surface area contributed by atoms with E-state index in [0.717, 1.165) is 17.4 Å². The molecule has 0 saturated heterocycles. The molecule has 1 aromatic carbocycles. The molecule has 1 saturated carbocycles. The molecule has 0 aliphatic heterocycles. The van der Waals surface area contributed by atoms with Crippen molar-refractivity contribution in [1.29, 1.82) is 0 Å². The van der Waals surface area contributed by atoms with Gasteiger partial charge in [-0.1, -0.05) is 19.3 Å². The van der Waals surface area contributed by atoms with Gasteiger partial charge < -0.3 is 14.8 Å². The number of methoxy groups -OCH3 is 2. The van der Waals surface area contributed by atoms with Crippen LogP contribution in [0.1, 0.15) is 37.3 Å². The molecule has 2 rings (SSSR count). The van der Waals surface area contributed by atoms with Gasteiger partial charge in [0.25, 0.3) is 0 Å². The normalized spacial score (nSPS) is 17.1. The Morgan fingerprint density at radius 1 is 1.17 bits per heavy atom. The van der Waals surface area contributed by atoms with Crippen LogP contribution in [0, 0.1) is 5.92 Å². The molecule has 0 heterocycles. The highest BCUT2D eigenvalue weighted by atomic mass is 16.5. The van der Waals surface area contributed by atoms with Crippen LogP contribution in [0.25, 0.3) is 0 Å². The summed E-state index contributed by atoms with van der Waals surface area (Å²) in [5, 5.41) is 3.41. The van der Waals surface area contributed by atoms with E-state index < -0.39 is 0 Å². The summed E-state index contributed by atoms with van der Waals surface area (Å²) in [4.78, 5) is 0. The lowest BCUT2D eigenvalue weighted by atomic mass is 9.79. The Morgan fingerprint density at radius 2 is 1.78 bits per heavy atom. The minimum Gasteiger partial charge on any atom is -0.497 e. The maximum atomic E-state index is 5.33. The molecule has 0 aromatic heterocycles. The van der Waals surface area contributed by atoms with Crippen LogP contribution in [-0.2, 0) is 0 Å². The van der Waals surface area contributed by atoms with Gasteiger partial charge in [-0.25, -0.2) is 0 Å². The number of hydrogen-bond acceptors (Lipinski definition) is 3. The fraction of sp³-hybridized carbons (Fsp3) is 0.600. The molecular weight excluding hydrogens is 226 g/mol. The maximum Gasteiger partial charge on any atom is 0.122 e. The molecule has 1 unspecified atom stereocenters. The fourth-order valence-corrected chi connectivity index (χ4v) is 2.51. The van der Waals surface area contributed by atoms with E-state index >= 15 is 0 Å². The Hall–Kier alpha value is -1.22. The monoisotopic (exact) mass is 249 g/mol. The van der Waals surface area contributed by atoms with E-state index in [1.54, 1.807) is 14.2 Å². The van der Waals surface area contributed by atoms with Gasteiger partial charge >= 0.3 is 0 Å². The zero-order valence-corrected chi connectivity index (χ0v) is 11.5. The fourth-order valence-electron chi connectivity index (χ4n) is 2.51. The van der Waals surface area contributed by atoms with Gasteiger partial charge in [0.05, 0.1) is 14.2 Å². The first-order valence-corrected chi connectivity index (χ1v) is 6.67. The molecule has 1 fully saturated rings. The van der Waals surface area contributed by atoms with Gasteiger partial charge in [-0.15, -0.1) is 0 Å². The van der Waals surface area contributed by atoms with Gasteiger partial charge in [0.15, 0.2) is 0 Å². The van der Waals surface area contributed by atoms with Crippen molar-refractivity contribution in [2.45, 2.75) is 31.7 Å². The van der Waals surface area contributed by atoms with Crippen LogP contribution < -0.4 is 14.8 Å². The van der Waals surface area contributed by atoms with Crippen LogP contribution in [0.5, 0.6) is 11.5 Å². The molecule has 18 heavy (non-hydrogen) atoms. The van der Waals surface area contributed by atoms with Gasteiger partial charge in [-0.3, -0.25) is 0 Å². The Labute approximate surface area is 109 Å². The lowest BCUT2D eigenvalue weighted by molar-refractivity contribution is 0.265. The first-order valence-electron chi connectivity index (χ1n) is 6.67. The Kier molecular flexibility index (Phi) is 4.48. The Morgan fingerprint density at radius 3 is 2.17 bits per heavy atom. The summed E-state index contributed by atoms with van der Waals surface area (Å²) in [6.07, 6.45) is 5.34. The highest BCUT2D eigenvalue weighted by Crippen LogP contribution is 2.36. The second-order valence-electron chi connectivity index (χ2n) is 5.02. The predicted molar refractivity (Wildman–Crippen MR) is 73.3 cm³/mol. The molecule has 0 amide bonds. The molecule has 0 spiro atoms. The number of nitrogens with one attached hydrogen (secondary N) is 1. The molecule has 0 radical (unpaired) electrons. The minimum atomic E-state index is 0.388. The first kappa shape index (κ1) is 13.2. The average molecular weight is 249 g/mol. The Bertz CT molecular complexity index is 366. The van der Waals surface area contributed by atoms with E-state index in [1.807, 2.05) is 13.1 Å². The molecule has 100 valence electrons. The maximum absolute atomic E-state index is 5.33. The number of benzene rings is 1. The molecule has 1 aromatic rings. The van der Waals surface area contributed by atoms with E-state index in [2.05, 4.69) is 17.4 Å². The molecule has 1 atom stereocenters. The number of ether oxygens (including phenoxy) is 2. The summed E-state index contributed by atoms with van der Waals surface area (Å²) in [7, 11) is 5.41. The quantitative estimate of drug-likeness (QED) is 0.840. The predicted octanol–water partition coefficient (Wildman–Crippen LogP) is 3.15. The van der Waals surface area contributed by atoms with Crippen LogP contribution in [-0.4, -0.2) is 21.3 Å². The van der Waals surface area contributed by atoms with Crippen molar-refractivity contribution in [3.05, 3.63) is 23.8 Å². The smallest absolute Gasteiger partial charge is 0.122 e. The summed E-state index contributed by atoms with van der Waals surface area (Å²) < 4.78 is 10.7. The second-order valence-corrected chi connectivity index (χ2v) is 5.02. The van der Waals surface area contributed by atoms with Crippen LogP contribution >= 0.6 is 0 Å². The third kappa shape index (κ3) is 2.96. The highest BCUT2D eigenvalue weighted by Gasteiger charge is 2.22. The van der Waals surface area contributed by atoms with Crippen molar-refractivity contribution in [1.82, 2.24) is 5.32 Å². The summed E-state index contributed by atoms with van der Waals surface area (Å²) >= 11 is 0. The lowest BCUT2D eigenvalue weighted by Crippen LogP contribution is -2.23.